The third-order valence-electron chi connectivity index (χ3n) is 2.58. The lowest BCUT2D eigenvalue weighted by Crippen LogP contribution is -2.35. The van der Waals surface area contributed by atoms with E-state index in [-0.39, 0.29) is 5.97 Å². The van der Waals surface area contributed by atoms with Gasteiger partial charge >= 0.3 is 5.97 Å². The summed E-state index contributed by atoms with van der Waals surface area (Å²) in [6, 6.07) is 8.88. The van der Waals surface area contributed by atoms with Crippen molar-refractivity contribution in [1.82, 2.24) is 0 Å². The van der Waals surface area contributed by atoms with Crippen molar-refractivity contribution in [2.24, 2.45) is 0 Å². The second kappa shape index (κ2) is 6.04. The van der Waals surface area contributed by atoms with Crippen LogP contribution in [0.25, 0.3) is 0 Å². The Labute approximate surface area is 131 Å². The van der Waals surface area contributed by atoms with Crippen LogP contribution < -0.4 is 5.32 Å². The van der Waals surface area contributed by atoms with E-state index in [1.54, 1.807) is 25.1 Å². The van der Waals surface area contributed by atoms with Gasteiger partial charge in [-0.15, -0.1) is 11.3 Å². The van der Waals surface area contributed by atoms with E-state index in [0.29, 0.717) is 15.7 Å². The highest BCUT2D eigenvalue weighted by Crippen LogP contribution is 2.33. The molecule has 1 aromatic carbocycles. The molecule has 0 bridgehead atoms. The number of thiophene rings is 1. The number of rotatable bonds is 4. The van der Waals surface area contributed by atoms with Crippen molar-refractivity contribution in [1.29, 1.82) is 0 Å². The van der Waals surface area contributed by atoms with E-state index in [2.05, 4.69) is 5.32 Å². The van der Waals surface area contributed by atoms with Crippen LogP contribution in [-0.2, 0) is 15.3 Å². The van der Waals surface area contributed by atoms with Crippen LogP contribution in [0.2, 0.25) is 10.0 Å². The summed E-state index contributed by atoms with van der Waals surface area (Å²) in [5, 5.41) is 6.11. The normalized spacial score (nSPS) is 13.6. The van der Waals surface area contributed by atoms with Gasteiger partial charge in [0.05, 0.1) is 4.88 Å². The van der Waals surface area contributed by atoms with Crippen molar-refractivity contribution in [2.45, 2.75) is 19.6 Å². The molecule has 0 saturated carbocycles. The molecule has 1 N–H and O–H groups in total. The first-order valence-corrected chi connectivity index (χ1v) is 7.50. The van der Waals surface area contributed by atoms with Crippen LogP contribution in [0.1, 0.15) is 18.7 Å². The van der Waals surface area contributed by atoms with E-state index in [9.17, 15) is 4.79 Å². The van der Waals surface area contributed by atoms with Crippen molar-refractivity contribution in [3.8, 4) is 0 Å². The molecule has 20 heavy (non-hydrogen) atoms. The predicted molar refractivity (Wildman–Crippen MR) is 83.5 cm³/mol. The maximum absolute atomic E-state index is 11.4. The van der Waals surface area contributed by atoms with E-state index in [4.69, 9.17) is 27.9 Å². The van der Waals surface area contributed by atoms with Crippen molar-refractivity contribution >= 4 is 46.2 Å². The first-order valence-electron chi connectivity index (χ1n) is 5.87. The monoisotopic (exact) mass is 329 g/mol. The molecule has 1 heterocycles. The fourth-order valence-electron chi connectivity index (χ4n) is 1.88. The Bertz CT molecular complexity index is 595. The fraction of sp³-hybridized carbons (Fsp3) is 0.214. The zero-order valence-electron chi connectivity index (χ0n) is 10.9. The summed E-state index contributed by atoms with van der Waals surface area (Å²) < 4.78 is 5.44. The quantitative estimate of drug-likeness (QED) is 0.640. The number of nitrogens with one attached hydrogen (secondary N) is 1. The van der Waals surface area contributed by atoms with E-state index in [0.717, 1.165) is 4.88 Å². The lowest BCUT2D eigenvalue weighted by Gasteiger charge is -2.30. The average Bonchev–Trinajstić information content (AvgIpc) is 2.79. The molecule has 1 aromatic heterocycles. The molecule has 0 aliphatic rings. The average molecular weight is 330 g/mol. The number of carbonyl (C=O) groups is 1. The number of esters is 1. The number of halogens is 2. The SMILES string of the molecule is CC(=O)OC(C)(Nc1cc(Cl)cc(Cl)c1)c1cccs1. The second-order valence-electron chi connectivity index (χ2n) is 4.39. The highest BCUT2D eigenvalue weighted by Gasteiger charge is 2.31. The maximum atomic E-state index is 11.4. The molecule has 0 aliphatic carbocycles. The van der Waals surface area contributed by atoms with Gasteiger partial charge in [0.25, 0.3) is 0 Å². The molecule has 2 rings (SSSR count). The summed E-state index contributed by atoms with van der Waals surface area (Å²) in [4.78, 5) is 12.2. The second-order valence-corrected chi connectivity index (χ2v) is 6.21. The van der Waals surface area contributed by atoms with Gasteiger partial charge in [-0.2, -0.15) is 0 Å². The minimum atomic E-state index is -0.964. The van der Waals surface area contributed by atoms with Gasteiger partial charge in [0.15, 0.2) is 0 Å². The largest absolute Gasteiger partial charge is 0.434 e. The molecule has 0 spiro atoms. The zero-order valence-corrected chi connectivity index (χ0v) is 13.3. The molecule has 1 atom stereocenters. The third-order valence-corrected chi connectivity index (χ3v) is 4.09. The molecule has 0 aliphatic heterocycles. The predicted octanol–water partition coefficient (Wildman–Crippen LogP) is 4.90. The van der Waals surface area contributed by atoms with Gasteiger partial charge in [0, 0.05) is 29.6 Å². The summed E-state index contributed by atoms with van der Waals surface area (Å²) in [6.45, 7) is 3.16. The van der Waals surface area contributed by atoms with Crippen LogP contribution in [-0.4, -0.2) is 5.97 Å². The van der Waals surface area contributed by atoms with Gasteiger partial charge in [-0.05, 0) is 29.6 Å². The zero-order chi connectivity index (χ0) is 14.8. The third kappa shape index (κ3) is 3.66. The van der Waals surface area contributed by atoms with Crippen LogP contribution >= 0.6 is 34.5 Å². The van der Waals surface area contributed by atoms with Crippen LogP contribution in [0.5, 0.6) is 0 Å². The lowest BCUT2D eigenvalue weighted by molar-refractivity contribution is -0.153. The standard InChI is InChI=1S/C14H13Cl2NO2S/c1-9(18)19-14(2,13-4-3-5-20-13)17-12-7-10(15)6-11(16)8-12/h3-8,17H,1-2H3. The lowest BCUT2D eigenvalue weighted by atomic mass is 10.2. The molecule has 106 valence electrons. The van der Waals surface area contributed by atoms with Gasteiger partial charge in [0.1, 0.15) is 0 Å². The summed E-state index contributed by atoms with van der Waals surface area (Å²) in [7, 11) is 0. The maximum Gasteiger partial charge on any atom is 0.305 e. The highest BCUT2D eigenvalue weighted by atomic mass is 35.5. The van der Waals surface area contributed by atoms with Gasteiger partial charge < -0.3 is 10.1 Å². The minimum Gasteiger partial charge on any atom is -0.434 e. The fourth-order valence-corrected chi connectivity index (χ4v) is 3.18. The van der Waals surface area contributed by atoms with E-state index in [1.165, 1.54) is 18.3 Å². The Morgan fingerprint density at radius 2 is 1.95 bits per heavy atom. The summed E-state index contributed by atoms with van der Waals surface area (Å²) in [6.07, 6.45) is 0. The van der Waals surface area contributed by atoms with Gasteiger partial charge in [0.2, 0.25) is 5.72 Å². The van der Waals surface area contributed by atoms with Crippen LogP contribution in [0.4, 0.5) is 5.69 Å². The van der Waals surface area contributed by atoms with Crippen LogP contribution in [0.3, 0.4) is 0 Å². The molecule has 2 aromatic rings. The molecule has 0 saturated heterocycles. The minimum absolute atomic E-state index is 0.374. The van der Waals surface area contributed by atoms with E-state index in [1.807, 2.05) is 17.5 Å². The summed E-state index contributed by atoms with van der Waals surface area (Å²) in [5.74, 6) is -0.374. The van der Waals surface area contributed by atoms with Crippen molar-refractivity contribution in [3.63, 3.8) is 0 Å². The molecular formula is C14H13Cl2NO2S. The Kier molecular flexibility index (Phi) is 4.58. The van der Waals surface area contributed by atoms with Crippen LogP contribution in [0.15, 0.2) is 35.7 Å². The van der Waals surface area contributed by atoms with Crippen molar-refractivity contribution in [3.05, 3.63) is 50.6 Å². The Hall–Kier alpha value is -1.23. The topological polar surface area (TPSA) is 38.3 Å². The number of benzene rings is 1. The van der Waals surface area contributed by atoms with Crippen molar-refractivity contribution < 1.29 is 9.53 Å². The van der Waals surface area contributed by atoms with Crippen molar-refractivity contribution in [2.75, 3.05) is 5.32 Å². The van der Waals surface area contributed by atoms with Crippen LogP contribution in [0, 0.1) is 0 Å². The highest BCUT2D eigenvalue weighted by molar-refractivity contribution is 7.10. The van der Waals surface area contributed by atoms with Gasteiger partial charge in [-0.25, -0.2) is 0 Å². The molecule has 0 fully saturated rings. The smallest absolute Gasteiger partial charge is 0.305 e. The molecule has 1 unspecified atom stereocenters. The number of hydrogen-bond acceptors (Lipinski definition) is 4. The Morgan fingerprint density at radius 1 is 1.30 bits per heavy atom. The summed E-state index contributed by atoms with van der Waals surface area (Å²) in [5.41, 5.74) is -0.284. The first-order chi connectivity index (χ1) is 9.39. The molecule has 0 radical (unpaired) electrons. The number of ether oxygens (including phenoxy) is 1. The molecule has 6 heteroatoms. The number of anilines is 1. The number of hydrogen-bond donors (Lipinski definition) is 1. The van der Waals surface area contributed by atoms with Gasteiger partial charge in [-0.3, -0.25) is 4.79 Å². The number of carbonyl (C=O) groups excluding carboxylic acids is 1. The molecule has 0 amide bonds. The summed E-state index contributed by atoms with van der Waals surface area (Å²) >= 11 is 13.5. The Morgan fingerprint density at radius 3 is 2.45 bits per heavy atom. The molecule has 3 nitrogen and oxygen atoms in total. The van der Waals surface area contributed by atoms with E-state index < -0.39 is 5.72 Å². The van der Waals surface area contributed by atoms with E-state index >= 15 is 0 Å². The molecular weight excluding hydrogens is 317 g/mol. The first kappa shape index (κ1) is 15.2. The Balaban J connectivity index is 2.35. The van der Waals surface area contributed by atoms with Gasteiger partial charge in [-0.1, -0.05) is 29.3 Å².